The van der Waals surface area contributed by atoms with Gasteiger partial charge in [0.25, 0.3) is 0 Å². The van der Waals surface area contributed by atoms with Crippen LogP contribution in [0.5, 0.6) is 0 Å². The van der Waals surface area contributed by atoms with Gasteiger partial charge in [-0.3, -0.25) is 5.10 Å². The van der Waals surface area contributed by atoms with Crippen LogP contribution in [0.15, 0.2) is 30.5 Å². The topological polar surface area (TPSA) is 81.8 Å². The zero-order chi connectivity index (χ0) is 12.7. The lowest BCUT2D eigenvalue weighted by atomic mass is 10.1. The van der Waals surface area contributed by atoms with Gasteiger partial charge < -0.3 is 10.1 Å². The van der Waals surface area contributed by atoms with Crippen LogP contribution >= 0.6 is 11.6 Å². The molecule has 1 aromatic carbocycles. The van der Waals surface area contributed by atoms with Gasteiger partial charge in [0.1, 0.15) is 5.69 Å². The first-order valence-electron chi connectivity index (χ1n) is 5.21. The molecule has 3 N–H and O–H groups in total. The number of benzene rings is 1. The molecule has 0 aliphatic rings. The molecule has 0 saturated carbocycles. The number of halogens is 1. The number of H-pyrrole nitrogens is 2. The smallest absolute Gasteiger partial charge is 0.353 e. The zero-order valence-corrected chi connectivity index (χ0v) is 9.82. The molecule has 0 radical (unpaired) electrons. The van der Waals surface area contributed by atoms with Gasteiger partial charge in [-0.1, -0.05) is 29.8 Å². The molecule has 0 aliphatic carbocycles. The summed E-state index contributed by atoms with van der Waals surface area (Å²) in [5, 5.41) is 16.8. The number of carbonyl (C=O) groups is 1. The Morgan fingerprint density at radius 3 is 2.94 bits per heavy atom. The van der Waals surface area contributed by atoms with Crippen LogP contribution in [0.4, 0.5) is 0 Å². The summed E-state index contributed by atoms with van der Waals surface area (Å²) in [6.07, 6.45) is 1.69. The van der Waals surface area contributed by atoms with Crippen molar-refractivity contribution in [1.29, 1.82) is 0 Å². The van der Waals surface area contributed by atoms with Crippen LogP contribution in [-0.2, 0) is 0 Å². The Morgan fingerprint density at radius 2 is 2.22 bits per heavy atom. The number of aromatic amines is 2. The molecule has 2 heterocycles. The molecule has 0 bridgehead atoms. The van der Waals surface area contributed by atoms with Gasteiger partial charge in [0.15, 0.2) is 0 Å². The first-order chi connectivity index (χ1) is 8.66. The summed E-state index contributed by atoms with van der Waals surface area (Å²) in [6.45, 7) is 0. The van der Waals surface area contributed by atoms with E-state index in [4.69, 9.17) is 16.7 Å². The third-order valence-electron chi connectivity index (χ3n) is 2.75. The Hall–Kier alpha value is -2.27. The average Bonchev–Trinajstić information content (AvgIpc) is 2.97. The highest BCUT2D eigenvalue weighted by Gasteiger charge is 2.13. The second kappa shape index (κ2) is 3.89. The van der Waals surface area contributed by atoms with E-state index < -0.39 is 5.97 Å². The quantitative estimate of drug-likeness (QED) is 0.663. The van der Waals surface area contributed by atoms with E-state index in [-0.39, 0.29) is 5.69 Å². The SMILES string of the molecule is O=C(O)c1cc(-c2cccc3c(Cl)c[nH]c23)n[nH]1. The van der Waals surface area contributed by atoms with E-state index in [1.807, 2.05) is 18.2 Å². The highest BCUT2D eigenvalue weighted by Crippen LogP contribution is 2.30. The van der Waals surface area contributed by atoms with Crippen molar-refractivity contribution in [3.8, 4) is 11.3 Å². The van der Waals surface area contributed by atoms with Crippen LogP contribution in [0.2, 0.25) is 5.02 Å². The van der Waals surface area contributed by atoms with Crippen molar-refractivity contribution in [3.05, 3.63) is 41.2 Å². The minimum Gasteiger partial charge on any atom is -0.477 e. The standard InChI is InChI=1S/C12H8ClN3O2/c13-8-5-14-11-6(8)2-1-3-7(11)9-4-10(12(17)18)16-15-9/h1-5,14H,(H,15,16)(H,17,18). The lowest BCUT2D eigenvalue weighted by Gasteiger charge is -1.98. The van der Waals surface area contributed by atoms with Crippen molar-refractivity contribution in [2.45, 2.75) is 0 Å². The number of carboxylic acids is 1. The largest absolute Gasteiger partial charge is 0.477 e. The fraction of sp³-hybridized carbons (Fsp3) is 0. The van der Waals surface area contributed by atoms with Crippen molar-refractivity contribution in [2.75, 3.05) is 0 Å². The molecule has 0 fully saturated rings. The Morgan fingerprint density at radius 1 is 1.39 bits per heavy atom. The normalized spacial score (nSPS) is 10.9. The summed E-state index contributed by atoms with van der Waals surface area (Å²) in [5.74, 6) is -1.04. The number of nitrogens with zero attached hydrogens (tertiary/aromatic N) is 1. The predicted octanol–water partition coefficient (Wildman–Crippen LogP) is 2.91. The fourth-order valence-electron chi connectivity index (χ4n) is 1.90. The second-order valence-electron chi connectivity index (χ2n) is 3.84. The maximum atomic E-state index is 10.8. The van der Waals surface area contributed by atoms with Crippen molar-refractivity contribution in [3.63, 3.8) is 0 Å². The highest BCUT2D eigenvalue weighted by atomic mass is 35.5. The molecule has 0 atom stereocenters. The first kappa shape index (κ1) is 10.9. The van der Waals surface area contributed by atoms with E-state index >= 15 is 0 Å². The minimum absolute atomic E-state index is 0.0552. The molecular formula is C12H8ClN3O2. The van der Waals surface area contributed by atoms with E-state index in [1.165, 1.54) is 6.07 Å². The molecule has 0 amide bonds. The predicted molar refractivity (Wildman–Crippen MR) is 67.8 cm³/mol. The molecule has 5 nitrogen and oxygen atoms in total. The van der Waals surface area contributed by atoms with E-state index in [2.05, 4.69) is 15.2 Å². The number of aromatic carboxylic acids is 1. The molecule has 0 saturated heterocycles. The van der Waals surface area contributed by atoms with E-state index in [0.29, 0.717) is 10.7 Å². The van der Waals surface area contributed by atoms with Gasteiger partial charge in [0, 0.05) is 17.1 Å². The van der Waals surface area contributed by atoms with Crippen LogP contribution < -0.4 is 0 Å². The molecule has 0 spiro atoms. The Bertz CT molecular complexity index is 745. The number of hydrogen-bond acceptors (Lipinski definition) is 2. The number of hydrogen-bond donors (Lipinski definition) is 3. The lowest BCUT2D eigenvalue weighted by Crippen LogP contribution is -1.95. The van der Waals surface area contributed by atoms with Crippen LogP contribution in [0.3, 0.4) is 0 Å². The summed E-state index contributed by atoms with van der Waals surface area (Å²) in [6, 6.07) is 7.09. The lowest BCUT2D eigenvalue weighted by molar-refractivity contribution is 0.0690. The molecule has 3 rings (SSSR count). The first-order valence-corrected chi connectivity index (χ1v) is 5.59. The van der Waals surface area contributed by atoms with Crippen LogP contribution in [0, 0.1) is 0 Å². The van der Waals surface area contributed by atoms with E-state index in [1.54, 1.807) is 6.20 Å². The average molecular weight is 262 g/mol. The van der Waals surface area contributed by atoms with Gasteiger partial charge in [-0.15, -0.1) is 0 Å². The van der Waals surface area contributed by atoms with Crippen LogP contribution in [0.1, 0.15) is 10.5 Å². The number of carboxylic acid groups (broad SMARTS) is 1. The van der Waals surface area contributed by atoms with Crippen molar-refractivity contribution in [2.24, 2.45) is 0 Å². The Kier molecular flexibility index (Phi) is 2.34. The summed E-state index contributed by atoms with van der Waals surface area (Å²) < 4.78 is 0. The number of rotatable bonds is 2. The number of fused-ring (bicyclic) bond motifs is 1. The van der Waals surface area contributed by atoms with Crippen molar-refractivity contribution >= 4 is 28.5 Å². The molecule has 0 unspecified atom stereocenters. The van der Waals surface area contributed by atoms with Gasteiger partial charge in [0.2, 0.25) is 0 Å². The van der Waals surface area contributed by atoms with Crippen molar-refractivity contribution in [1.82, 2.24) is 15.2 Å². The maximum absolute atomic E-state index is 10.8. The third-order valence-corrected chi connectivity index (χ3v) is 3.06. The van der Waals surface area contributed by atoms with Gasteiger partial charge in [-0.05, 0) is 6.07 Å². The number of aromatic nitrogens is 3. The van der Waals surface area contributed by atoms with E-state index in [0.717, 1.165) is 16.5 Å². The number of para-hydroxylation sites is 1. The summed E-state index contributed by atoms with van der Waals surface area (Å²) in [7, 11) is 0. The summed E-state index contributed by atoms with van der Waals surface area (Å²) in [4.78, 5) is 13.9. The van der Waals surface area contributed by atoms with Gasteiger partial charge in [-0.25, -0.2) is 4.79 Å². The van der Waals surface area contributed by atoms with E-state index in [9.17, 15) is 4.79 Å². The third kappa shape index (κ3) is 1.56. The van der Waals surface area contributed by atoms with Gasteiger partial charge in [-0.2, -0.15) is 5.10 Å². The molecular weight excluding hydrogens is 254 g/mol. The molecule has 3 aromatic rings. The fourth-order valence-corrected chi connectivity index (χ4v) is 2.11. The van der Waals surface area contributed by atoms with Gasteiger partial charge >= 0.3 is 5.97 Å². The second-order valence-corrected chi connectivity index (χ2v) is 4.24. The monoisotopic (exact) mass is 261 g/mol. The van der Waals surface area contributed by atoms with Crippen molar-refractivity contribution < 1.29 is 9.90 Å². The Labute approximate surface area is 106 Å². The summed E-state index contributed by atoms with van der Waals surface area (Å²) >= 11 is 6.03. The highest BCUT2D eigenvalue weighted by molar-refractivity contribution is 6.35. The molecule has 6 heteroatoms. The number of nitrogens with one attached hydrogen (secondary N) is 2. The maximum Gasteiger partial charge on any atom is 0.353 e. The molecule has 90 valence electrons. The van der Waals surface area contributed by atoms with Crippen LogP contribution in [0.25, 0.3) is 22.2 Å². The minimum atomic E-state index is -1.04. The molecule has 2 aromatic heterocycles. The van der Waals surface area contributed by atoms with Gasteiger partial charge in [0.05, 0.1) is 16.2 Å². The zero-order valence-electron chi connectivity index (χ0n) is 9.07. The Balaban J connectivity index is 2.21. The van der Waals surface area contributed by atoms with Crippen LogP contribution in [-0.4, -0.2) is 26.3 Å². The molecule has 18 heavy (non-hydrogen) atoms. The molecule has 0 aliphatic heterocycles. The summed E-state index contributed by atoms with van der Waals surface area (Å²) in [5.41, 5.74) is 2.27.